The Balaban J connectivity index is 1.63. The van der Waals surface area contributed by atoms with Gasteiger partial charge in [-0.25, -0.2) is 0 Å². The molecule has 1 N–H and O–H groups in total. The van der Waals surface area contributed by atoms with Gasteiger partial charge in [-0.05, 0) is 68.4 Å². The molecule has 4 aliphatic carbocycles. The Morgan fingerprint density at radius 3 is 2.06 bits per heavy atom. The molecule has 1 nitrogen and oxygen atoms in total. The van der Waals surface area contributed by atoms with Crippen molar-refractivity contribution in [2.45, 2.75) is 44.1 Å². The van der Waals surface area contributed by atoms with Crippen molar-refractivity contribution in [3.8, 4) is 0 Å². The maximum absolute atomic E-state index is 6.30. The average molecular weight is 262 g/mol. The summed E-state index contributed by atoms with van der Waals surface area (Å²) in [4.78, 5) is 0. The van der Waals surface area contributed by atoms with Crippen molar-refractivity contribution in [2.75, 3.05) is 5.32 Å². The van der Waals surface area contributed by atoms with Gasteiger partial charge in [-0.1, -0.05) is 23.7 Å². The zero-order valence-corrected chi connectivity index (χ0v) is 11.4. The molecule has 4 aliphatic rings. The molecule has 0 aromatic heterocycles. The second-order valence-corrected chi connectivity index (χ2v) is 7.21. The summed E-state index contributed by atoms with van der Waals surface area (Å²) in [5.41, 5.74) is 1.50. The van der Waals surface area contributed by atoms with Crippen LogP contribution in [-0.4, -0.2) is 5.54 Å². The van der Waals surface area contributed by atoms with Crippen LogP contribution in [0.3, 0.4) is 0 Å². The first kappa shape index (κ1) is 11.2. The van der Waals surface area contributed by atoms with Gasteiger partial charge in [0.1, 0.15) is 0 Å². The smallest absolute Gasteiger partial charge is 0.0637 e. The molecule has 0 aliphatic heterocycles. The molecular formula is C16H20ClN. The minimum absolute atomic E-state index is 0.361. The van der Waals surface area contributed by atoms with Crippen molar-refractivity contribution >= 4 is 17.3 Å². The predicted octanol–water partition coefficient (Wildman–Crippen LogP) is 4.72. The number of hydrogen-bond donors (Lipinski definition) is 1. The molecule has 18 heavy (non-hydrogen) atoms. The van der Waals surface area contributed by atoms with Crippen molar-refractivity contribution in [1.82, 2.24) is 0 Å². The minimum atomic E-state index is 0.361. The lowest BCUT2D eigenvalue weighted by molar-refractivity contribution is 0.0107. The fraction of sp³-hybridized carbons (Fsp3) is 0.625. The normalized spacial score (nSPS) is 41.1. The van der Waals surface area contributed by atoms with E-state index in [0.717, 1.165) is 28.5 Å². The maximum Gasteiger partial charge on any atom is 0.0637 e. The third-order valence-electron chi connectivity index (χ3n) is 5.31. The van der Waals surface area contributed by atoms with Gasteiger partial charge >= 0.3 is 0 Å². The van der Waals surface area contributed by atoms with Crippen molar-refractivity contribution in [2.24, 2.45) is 17.8 Å². The molecule has 0 spiro atoms. The van der Waals surface area contributed by atoms with E-state index in [0.29, 0.717) is 5.54 Å². The van der Waals surface area contributed by atoms with Gasteiger partial charge in [0.25, 0.3) is 0 Å². The van der Waals surface area contributed by atoms with Crippen molar-refractivity contribution < 1.29 is 0 Å². The van der Waals surface area contributed by atoms with E-state index in [-0.39, 0.29) is 0 Å². The van der Waals surface area contributed by atoms with Gasteiger partial charge in [0.05, 0.1) is 10.7 Å². The van der Waals surface area contributed by atoms with Gasteiger partial charge in [-0.3, -0.25) is 0 Å². The first-order chi connectivity index (χ1) is 8.72. The average Bonchev–Trinajstić information content (AvgIpc) is 2.30. The number of anilines is 1. The van der Waals surface area contributed by atoms with Crippen LogP contribution in [0.5, 0.6) is 0 Å². The van der Waals surface area contributed by atoms with Gasteiger partial charge in [0.2, 0.25) is 0 Å². The van der Waals surface area contributed by atoms with Crippen LogP contribution in [0.15, 0.2) is 24.3 Å². The van der Waals surface area contributed by atoms with Crippen LogP contribution in [0.2, 0.25) is 5.02 Å². The molecule has 0 amide bonds. The lowest BCUT2D eigenvalue weighted by Gasteiger charge is -2.57. The van der Waals surface area contributed by atoms with E-state index in [1.807, 2.05) is 12.1 Å². The summed E-state index contributed by atoms with van der Waals surface area (Å²) in [6.07, 6.45) is 8.56. The van der Waals surface area contributed by atoms with Crippen LogP contribution in [0.25, 0.3) is 0 Å². The molecule has 1 aromatic rings. The number of rotatable bonds is 2. The molecule has 4 fully saturated rings. The molecule has 1 aromatic carbocycles. The largest absolute Gasteiger partial charge is 0.378 e. The Hall–Kier alpha value is -0.690. The molecule has 0 radical (unpaired) electrons. The summed E-state index contributed by atoms with van der Waals surface area (Å²) in [7, 11) is 0. The number of halogens is 1. The molecule has 0 saturated heterocycles. The summed E-state index contributed by atoms with van der Waals surface area (Å²) in [6, 6.07) is 8.20. The van der Waals surface area contributed by atoms with Crippen LogP contribution in [-0.2, 0) is 0 Å². The van der Waals surface area contributed by atoms with Crippen molar-refractivity contribution in [1.29, 1.82) is 0 Å². The fourth-order valence-electron chi connectivity index (χ4n) is 5.11. The van der Waals surface area contributed by atoms with Gasteiger partial charge in [-0.15, -0.1) is 0 Å². The lowest BCUT2D eigenvalue weighted by Crippen LogP contribution is -2.54. The number of nitrogens with one attached hydrogen (secondary N) is 1. The van der Waals surface area contributed by atoms with Gasteiger partial charge in [-0.2, -0.15) is 0 Å². The van der Waals surface area contributed by atoms with Crippen molar-refractivity contribution in [3.05, 3.63) is 29.3 Å². The molecular weight excluding hydrogens is 242 g/mol. The van der Waals surface area contributed by atoms with E-state index in [2.05, 4.69) is 17.4 Å². The highest BCUT2D eigenvalue weighted by Crippen LogP contribution is 2.56. The van der Waals surface area contributed by atoms with Gasteiger partial charge < -0.3 is 5.32 Å². The van der Waals surface area contributed by atoms with Gasteiger partial charge in [0, 0.05) is 5.54 Å². The fourth-order valence-corrected chi connectivity index (χ4v) is 5.29. The molecule has 4 saturated carbocycles. The van der Waals surface area contributed by atoms with E-state index in [1.54, 1.807) is 0 Å². The summed E-state index contributed by atoms with van der Waals surface area (Å²) in [5.74, 6) is 2.93. The third-order valence-corrected chi connectivity index (χ3v) is 5.64. The first-order valence-corrected chi connectivity index (χ1v) is 7.63. The summed E-state index contributed by atoms with van der Waals surface area (Å²) in [5, 5.41) is 4.69. The standard InChI is InChI=1S/C16H20ClN/c17-14-3-1-2-4-15(14)18-16-8-11-5-12(9-16)7-13(6-11)10-16/h1-4,11-13,18H,5-10H2. The molecule has 2 heteroatoms. The van der Waals surface area contributed by atoms with E-state index in [9.17, 15) is 0 Å². The predicted molar refractivity (Wildman–Crippen MR) is 76.0 cm³/mol. The van der Waals surface area contributed by atoms with E-state index in [4.69, 9.17) is 11.6 Å². The molecule has 0 heterocycles. The zero-order chi connectivity index (χ0) is 12.2. The van der Waals surface area contributed by atoms with E-state index >= 15 is 0 Å². The summed E-state index contributed by atoms with van der Waals surface area (Å²) >= 11 is 6.30. The Morgan fingerprint density at radius 2 is 1.50 bits per heavy atom. The SMILES string of the molecule is Clc1ccccc1NC12CC3CC(CC(C3)C1)C2. The van der Waals surface area contributed by atoms with Crippen LogP contribution in [0.4, 0.5) is 5.69 Å². The Bertz CT molecular complexity index is 433. The van der Waals surface area contributed by atoms with E-state index < -0.39 is 0 Å². The molecule has 0 unspecified atom stereocenters. The van der Waals surface area contributed by atoms with Crippen LogP contribution >= 0.6 is 11.6 Å². The molecule has 0 atom stereocenters. The monoisotopic (exact) mass is 261 g/mol. The van der Waals surface area contributed by atoms with Gasteiger partial charge in [0.15, 0.2) is 0 Å². The molecule has 5 rings (SSSR count). The van der Waals surface area contributed by atoms with Crippen LogP contribution in [0, 0.1) is 17.8 Å². The Labute approximate surface area is 114 Å². The summed E-state index contributed by atoms with van der Waals surface area (Å²) in [6.45, 7) is 0. The Kier molecular flexibility index (Phi) is 2.42. The number of hydrogen-bond acceptors (Lipinski definition) is 1. The maximum atomic E-state index is 6.30. The highest BCUT2D eigenvalue weighted by atomic mass is 35.5. The topological polar surface area (TPSA) is 12.0 Å². The van der Waals surface area contributed by atoms with Crippen molar-refractivity contribution in [3.63, 3.8) is 0 Å². The third kappa shape index (κ3) is 1.75. The first-order valence-electron chi connectivity index (χ1n) is 7.25. The number of benzene rings is 1. The second-order valence-electron chi connectivity index (χ2n) is 6.80. The Morgan fingerprint density at radius 1 is 0.944 bits per heavy atom. The molecule has 4 bridgehead atoms. The second kappa shape index (κ2) is 3.90. The quantitative estimate of drug-likeness (QED) is 0.812. The zero-order valence-electron chi connectivity index (χ0n) is 10.7. The van der Waals surface area contributed by atoms with E-state index in [1.165, 1.54) is 38.5 Å². The van der Waals surface area contributed by atoms with Crippen LogP contribution in [0.1, 0.15) is 38.5 Å². The number of para-hydroxylation sites is 1. The minimum Gasteiger partial charge on any atom is -0.378 e. The lowest BCUT2D eigenvalue weighted by atomic mass is 9.53. The highest BCUT2D eigenvalue weighted by Gasteiger charge is 2.50. The highest BCUT2D eigenvalue weighted by molar-refractivity contribution is 6.33. The van der Waals surface area contributed by atoms with Crippen LogP contribution < -0.4 is 5.32 Å². The molecule has 96 valence electrons. The summed E-state index contributed by atoms with van der Waals surface area (Å²) < 4.78 is 0.